The second-order valence-electron chi connectivity index (χ2n) is 11.2. The predicted octanol–water partition coefficient (Wildman–Crippen LogP) is 10.7. The molecule has 0 bridgehead atoms. The van der Waals surface area contributed by atoms with E-state index in [1.54, 1.807) is 12.1 Å². The number of hydrogen-bond acceptors (Lipinski definition) is 0. The van der Waals surface area contributed by atoms with Crippen molar-refractivity contribution >= 4 is 5.57 Å². The zero-order chi connectivity index (χ0) is 25.3. The highest BCUT2D eigenvalue weighted by molar-refractivity contribution is 5.71. The normalized spacial score (nSPS) is 22.7. The Hall–Kier alpha value is -2.22. The van der Waals surface area contributed by atoms with E-state index in [4.69, 9.17) is 0 Å². The molecule has 0 amide bonds. The number of allylic oxidation sites excluding steroid dienone is 4. The molecule has 2 heteroatoms. The molecule has 1 saturated carbocycles. The Balaban J connectivity index is 1.33. The summed E-state index contributed by atoms with van der Waals surface area (Å²) in [6.07, 6.45) is 22.1. The van der Waals surface area contributed by atoms with Crippen molar-refractivity contribution in [2.24, 2.45) is 17.8 Å². The molecule has 36 heavy (non-hydrogen) atoms. The lowest BCUT2D eigenvalue weighted by Gasteiger charge is -2.26. The van der Waals surface area contributed by atoms with Gasteiger partial charge in [0.05, 0.1) is 0 Å². The molecule has 0 radical (unpaired) electrons. The molecule has 2 aromatic rings. The third-order valence-corrected chi connectivity index (χ3v) is 8.52. The summed E-state index contributed by atoms with van der Waals surface area (Å²) in [7, 11) is 0. The Morgan fingerprint density at radius 2 is 1.47 bits per heavy atom. The largest absolute Gasteiger partial charge is 0.203 e. The highest BCUT2D eigenvalue weighted by Crippen LogP contribution is 2.35. The third kappa shape index (κ3) is 6.96. The molecule has 2 aliphatic carbocycles. The van der Waals surface area contributed by atoms with E-state index in [0.717, 1.165) is 36.7 Å². The first-order valence-corrected chi connectivity index (χ1v) is 14.5. The van der Waals surface area contributed by atoms with Gasteiger partial charge < -0.3 is 0 Å². The summed E-state index contributed by atoms with van der Waals surface area (Å²) in [5.74, 6) is 0.968. The lowest BCUT2D eigenvalue weighted by molar-refractivity contribution is 0.294. The van der Waals surface area contributed by atoms with Crippen molar-refractivity contribution in [3.8, 4) is 11.1 Å². The molecule has 0 heterocycles. The van der Waals surface area contributed by atoms with Crippen molar-refractivity contribution in [3.63, 3.8) is 0 Å². The SMILES string of the molecule is CCCC1CC=C(c2ccc(-c3ccc(CCC=CC4CCC(CCC)CC4)c(F)c3F)cc2)CC1. The van der Waals surface area contributed by atoms with E-state index in [9.17, 15) is 4.39 Å². The molecule has 1 unspecified atom stereocenters. The molecule has 4 rings (SSSR count). The van der Waals surface area contributed by atoms with Crippen LogP contribution in [0, 0.1) is 29.4 Å². The zero-order valence-corrected chi connectivity index (χ0v) is 22.4. The molecule has 0 N–H and O–H groups in total. The quantitative estimate of drug-likeness (QED) is 0.291. The van der Waals surface area contributed by atoms with Crippen LogP contribution >= 0.6 is 0 Å². The summed E-state index contributed by atoms with van der Waals surface area (Å²) in [6, 6.07) is 11.5. The van der Waals surface area contributed by atoms with Crippen LogP contribution in [0.5, 0.6) is 0 Å². The van der Waals surface area contributed by atoms with Gasteiger partial charge in [0, 0.05) is 5.56 Å². The number of aryl methyl sites for hydroxylation is 1. The van der Waals surface area contributed by atoms with E-state index in [0.29, 0.717) is 23.5 Å². The first kappa shape index (κ1) is 26.8. The fraction of sp³-hybridized carbons (Fsp3) is 0.529. The smallest absolute Gasteiger partial charge is 0.166 e. The zero-order valence-electron chi connectivity index (χ0n) is 22.4. The van der Waals surface area contributed by atoms with Crippen molar-refractivity contribution in [2.75, 3.05) is 0 Å². The van der Waals surface area contributed by atoms with Crippen LogP contribution in [0.1, 0.15) is 102 Å². The Labute approximate surface area is 217 Å². The minimum atomic E-state index is -0.724. The van der Waals surface area contributed by atoms with Crippen molar-refractivity contribution in [2.45, 2.75) is 97.3 Å². The Bertz CT molecular complexity index is 1020. The molecule has 0 aliphatic heterocycles. The second kappa shape index (κ2) is 13.4. The molecular weight excluding hydrogens is 446 g/mol. The number of benzene rings is 2. The lowest BCUT2D eigenvalue weighted by atomic mass is 9.80. The van der Waals surface area contributed by atoms with Gasteiger partial charge in [-0.2, -0.15) is 0 Å². The van der Waals surface area contributed by atoms with Gasteiger partial charge in [-0.15, -0.1) is 0 Å². The van der Waals surface area contributed by atoms with Gasteiger partial charge in [-0.25, -0.2) is 8.78 Å². The van der Waals surface area contributed by atoms with Gasteiger partial charge >= 0.3 is 0 Å². The molecule has 2 aromatic carbocycles. The topological polar surface area (TPSA) is 0 Å². The van der Waals surface area contributed by atoms with Crippen molar-refractivity contribution in [1.29, 1.82) is 0 Å². The minimum absolute atomic E-state index is 0.350. The van der Waals surface area contributed by atoms with Crippen LogP contribution in [0.4, 0.5) is 8.78 Å². The molecule has 0 aromatic heterocycles. The molecule has 1 atom stereocenters. The molecule has 2 aliphatic rings. The third-order valence-electron chi connectivity index (χ3n) is 8.52. The van der Waals surface area contributed by atoms with Gasteiger partial charge in [0.15, 0.2) is 11.6 Å². The van der Waals surface area contributed by atoms with E-state index in [-0.39, 0.29) is 0 Å². The van der Waals surface area contributed by atoms with Gasteiger partial charge in [0.2, 0.25) is 0 Å². The van der Waals surface area contributed by atoms with Crippen molar-refractivity contribution < 1.29 is 8.78 Å². The van der Waals surface area contributed by atoms with Crippen LogP contribution in [-0.2, 0) is 6.42 Å². The number of hydrogen-bond donors (Lipinski definition) is 0. The van der Waals surface area contributed by atoms with Crippen LogP contribution in [0.15, 0.2) is 54.6 Å². The summed E-state index contributed by atoms with van der Waals surface area (Å²) < 4.78 is 29.9. The van der Waals surface area contributed by atoms with E-state index in [2.05, 4.69) is 44.2 Å². The van der Waals surface area contributed by atoms with Gasteiger partial charge in [0.1, 0.15) is 0 Å². The fourth-order valence-corrected chi connectivity index (χ4v) is 6.30. The van der Waals surface area contributed by atoms with Gasteiger partial charge in [-0.05, 0) is 97.8 Å². The van der Waals surface area contributed by atoms with Crippen LogP contribution in [-0.4, -0.2) is 0 Å². The maximum atomic E-state index is 15.0. The van der Waals surface area contributed by atoms with Crippen LogP contribution in [0.2, 0.25) is 0 Å². The number of rotatable bonds is 10. The van der Waals surface area contributed by atoms with Crippen molar-refractivity contribution in [1.82, 2.24) is 0 Å². The fourth-order valence-electron chi connectivity index (χ4n) is 6.30. The highest BCUT2D eigenvalue weighted by Gasteiger charge is 2.19. The van der Waals surface area contributed by atoms with Crippen LogP contribution in [0.25, 0.3) is 16.7 Å². The summed E-state index contributed by atoms with van der Waals surface area (Å²) in [5.41, 5.74) is 4.15. The van der Waals surface area contributed by atoms with E-state index < -0.39 is 11.6 Å². The molecule has 1 fully saturated rings. The standard InChI is InChI=1S/C34H44F2/c1-3-7-25-11-13-27(14-12-25)9-5-6-10-31-23-24-32(34(36)33(31)35)30-21-19-29(20-22-30)28-17-15-26(8-4-2)16-18-28/h5,9,17,19-27H,3-4,6-8,10-16,18H2,1-2H3. The minimum Gasteiger partial charge on any atom is -0.203 e. The molecule has 0 nitrogen and oxygen atoms in total. The first-order valence-electron chi connectivity index (χ1n) is 14.5. The Kier molecular flexibility index (Phi) is 9.96. The van der Waals surface area contributed by atoms with Crippen LogP contribution < -0.4 is 0 Å². The van der Waals surface area contributed by atoms with Gasteiger partial charge in [-0.1, -0.05) is 94.2 Å². The molecular formula is C34H44F2. The maximum Gasteiger partial charge on any atom is 0.166 e. The van der Waals surface area contributed by atoms with Crippen molar-refractivity contribution in [3.05, 3.63) is 77.4 Å². The average molecular weight is 491 g/mol. The van der Waals surface area contributed by atoms with E-state index in [1.165, 1.54) is 68.9 Å². The van der Waals surface area contributed by atoms with Crippen LogP contribution in [0.3, 0.4) is 0 Å². The summed E-state index contributed by atoms with van der Waals surface area (Å²) >= 11 is 0. The predicted molar refractivity (Wildman–Crippen MR) is 150 cm³/mol. The second-order valence-corrected chi connectivity index (χ2v) is 11.2. The first-order chi connectivity index (χ1) is 17.6. The van der Waals surface area contributed by atoms with Gasteiger partial charge in [-0.3, -0.25) is 0 Å². The maximum absolute atomic E-state index is 15.0. The number of halogens is 2. The Morgan fingerprint density at radius 3 is 2.14 bits per heavy atom. The molecule has 0 spiro atoms. The van der Waals surface area contributed by atoms with Gasteiger partial charge in [0.25, 0.3) is 0 Å². The summed E-state index contributed by atoms with van der Waals surface area (Å²) in [6.45, 7) is 4.53. The highest BCUT2D eigenvalue weighted by atomic mass is 19.2. The molecule has 194 valence electrons. The summed E-state index contributed by atoms with van der Waals surface area (Å²) in [4.78, 5) is 0. The van der Waals surface area contributed by atoms with E-state index >= 15 is 4.39 Å². The van der Waals surface area contributed by atoms with E-state index in [1.807, 2.05) is 12.1 Å². The summed E-state index contributed by atoms with van der Waals surface area (Å²) in [5, 5.41) is 0. The lowest BCUT2D eigenvalue weighted by Crippen LogP contribution is -2.12. The Morgan fingerprint density at radius 1 is 0.778 bits per heavy atom. The monoisotopic (exact) mass is 490 g/mol. The average Bonchev–Trinajstić information content (AvgIpc) is 2.91. The molecule has 0 saturated heterocycles.